The molecule has 0 bridgehead atoms. The summed E-state index contributed by atoms with van der Waals surface area (Å²) in [6, 6.07) is 17.7. The summed E-state index contributed by atoms with van der Waals surface area (Å²) in [7, 11) is 0. The number of amides is 2. The van der Waals surface area contributed by atoms with Gasteiger partial charge in [-0.25, -0.2) is 9.69 Å². The van der Waals surface area contributed by atoms with Crippen LogP contribution < -0.4 is 10.2 Å². The highest BCUT2D eigenvalue weighted by Gasteiger charge is 2.27. The molecule has 0 fully saturated rings. The van der Waals surface area contributed by atoms with E-state index in [0.717, 1.165) is 28.5 Å². The summed E-state index contributed by atoms with van der Waals surface area (Å²) in [6.07, 6.45) is 0. The Balaban J connectivity index is 1.78. The van der Waals surface area contributed by atoms with Crippen molar-refractivity contribution in [3.05, 3.63) is 65.7 Å². The highest BCUT2D eigenvalue weighted by Crippen LogP contribution is 2.27. The normalized spacial score (nSPS) is 16.6. The maximum absolute atomic E-state index is 12.8. The molecule has 1 atom stereocenters. The fourth-order valence-electron chi connectivity index (χ4n) is 2.45. The number of thioether (sulfide) groups is 1. The zero-order chi connectivity index (χ0) is 16.9. The van der Waals surface area contributed by atoms with Crippen LogP contribution in [0.1, 0.15) is 18.1 Å². The lowest BCUT2D eigenvalue weighted by Crippen LogP contribution is -2.42. The summed E-state index contributed by atoms with van der Waals surface area (Å²) in [4.78, 5) is 19.0. The van der Waals surface area contributed by atoms with Gasteiger partial charge < -0.3 is 5.32 Å². The Hall–Kier alpha value is -2.27. The van der Waals surface area contributed by atoms with Gasteiger partial charge in [-0.05, 0) is 24.6 Å². The first-order chi connectivity index (χ1) is 11.6. The first-order valence-corrected chi connectivity index (χ1v) is 8.91. The van der Waals surface area contributed by atoms with E-state index in [4.69, 9.17) is 0 Å². The van der Waals surface area contributed by atoms with Gasteiger partial charge in [0.2, 0.25) is 0 Å². The molecule has 5 heteroatoms. The van der Waals surface area contributed by atoms with Gasteiger partial charge in [0.25, 0.3) is 0 Å². The average Bonchev–Trinajstić information content (AvgIpc) is 3.02. The van der Waals surface area contributed by atoms with Crippen molar-refractivity contribution in [3.8, 4) is 0 Å². The molecule has 0 radical (unpaired) electrons. The molecule has 24 heavy (non-hydrogen) atoms. The van der Waals surface area contributed by atoms with Crippen LogP contribution in [0.25, 0.3) is 0 Å². The van der Waals surface area contributed by atoms with Crippen molar-refractivity contribution in [3.63, 3.8) is 0 Å². The Kier molecular flexibility index (Phi) is 5.20. The molecule has 1 unspecified atom stereocenters. The van der Waals surface area contributed by atoms with Crippen LogP contribution in [0.2, 0.25) is 0 Å². The molecule has 2 aromatic carbocycles. The van der Waals surface area contributed by atoms with E-state index in [1.165, 1.54) is 0 Å². The topological polar surface area (TPSA) is 44.7 Å². The number of nitrogens with zero attached hydrogens (tertiary/aromatic N) is 2. The van der Waals surface area contributed by atoms with Crippen LogP contribution in [0.5, 0.6) is 0 Å². The minimum Gasteiger partial charge on any atom is -0.333 e. The zero-order valence-corrected chi connectivity index (χ0v) is 14.7. The van der Waals surface area contributed by atoms with E-state index in [9.17, 15) is 4.79 Å². The van der Waals surface area contributed by atoms with Gasteiger partial charge >= 0.3 is 6.03 Å². The Labute approximate surface area is 147 Å². The van der Waals surface area contributed by atoms with Crippen LogP contribution in [-0.2, 0) is 6.54 Å². The molecule has 4 nitrogen and oxygen atoms in total. The first kappa shape index (κ1) is 16.6. The molecular weight excluding hydrogens is 318 g/mol. The monoisotopic (exact) mass is 339 g/mol. The lowest BCUT2D eigenvalue weighted by atomic mass is 10.2. The molecule has 0 spiro atoms. The minimum absolute atomic E-state index is 0.150. The van der Waals surface area contributed by atoms with Crippen LogP contribution in [0.3, 0.4) is 0 Å². The van der Waals surface area contributed by atoms with Crippen molar-refractivity contribution in [2.24, 2.45) is 4.99 Å². The van der Waals surface area contributed by atoms with Crippen molar-refractivity contribution in [2.45, 2.75) is 25.6 Å². The lowest BCUT2D eigenvalue weighted by molar-refractivity contribution is 0.249. The van der Waals surface area contributed by atoms with Crippen molar-refractivity contribution in [2.75, 3.05) is 11.4 Å². The van der Waals surface area contributed by atoms with E-state index in [2.05, 4.69) is 17.2 Å². The van der Waals surface area contributed by atoms with Crippen LogP contribution >= 0.6 is 11.8 Å². The number of aliphatic imine (C=N–C) groups is 1. The first-order valence-electron chi connectivity index (χ1n) is 8.03. The molecule has 1 heterocycles. The van der Waals surface area contributed by atoms with E-state index in [-0.39, 0.29) is 6.03 Å². The highest BCUT2D eigenvalue weighted by atomic mass is 32.2. The number of hydrogen-bond donors (Lipinski definition) is 1. The van der Waals surface area contributed by atoms with Gasteiger partial charge in [-0.2, -0.15) is 0 Å². The number of urea groups is 1. The lowest BCUT2D eigenvalue weighted by Gasteiger charge is -2.23. The number of aryl methyl sites for hydroxylation is 1. The third kappa shape index (κ3) is 3.97. The van der Waals surface area contributed by atoms with Gasteiger partial charge in [0.05, 0.1) is 12.2 Å². The van der Waals surface area contributed by atoms with Crippen molar-refractivity contribution in [1.82, 2.24) is 5.32 Å². The van der Waals surface area contributed by atoms with E-state index in [1.54, 1.807) is 16.7 Å². The molecule has 2 amide bonds. The van der Waals surface area contributed by atoms with Crippen molar-refractivity contribution >= 4 is 28.6 Å². The van der Waals surface area contributed by atoms with Gasteiger partial charge in [-0.15, -0.1) is 0 Å². The number of anilines is 1. The van der Waals surface area contributed by atoms with Gasteiger partial charge in [-0.1, -0.05) is 66.7 Å². The molecule has 1 aliphatic rings. The molecule has 124 valence electrons. The number of benzene rings is 2. The smallest absolute Gasteiger partial charge is 0.328 e. The molecule has 3 rings (SSSR count). The van der Waals surface area contributed by atoms with Gasteiger partial charge in [-0.3, -0.25) is 4.99 Å². The summed E-state index contributed by atoms with van der Waals surface area (Å²) in [5, 5.41) is 4.16. The quantitative estimate of drug-likeness (QED) is 0.911. The van der Waals surface area contributed by atoms with Gasteiger partial charge in [0, 0.05) is 11.8 Å². The summed E-state index contributed by atoms with van der Waals surface area (Å²) >= 11 is 1.64. The van der Waals surface area contributed by atoms with Crippen LogP contribution in [0.15, 0.2) is 59.6 Å². The number of carbonyl (C=O) groups is 1. The largest absolute Gasteiger partial charge is 0.333 e. The molecule has 1 N–H and O–H groups in total. The zero-order valence-electron chi connectivity index (χ0n) is 13.9. The fraction of sp³-hybridized carbons (Fsp3) is 0.263. The van der Waals surface area contributed by atoms with Crippen LogP contribution in [0.4, 0.5) is 10.5 Å². The van der Waals surface area contributed by atoms with Crippen molar-refractivity contribution < 1.29 is 4.79 Å². The van der Waals surface area contributed by atoms with Crippen molar-refractivity contribution in [1.29, 1.82) is 0 Å². The predicted molar refractivity (Wildman–Crippen MR) is 102 cm³/mol. The third-order valence-electron chi connectivity index (χ3n) is 3.76. The summed E-state index contributed by atoms with van der Waals surface area (Å²) < 4.78 is 0. The predicted octanol–water partition coefficient (Wildman–Crippen LogP) is 4.20. The second kappa shape index (κ2) is 7.53. The maximum atomic E-state index is 12.8. The van der Waals surface area contributed by atoms with E-state index in [1.807, 2.05) is 61.5 Å². The molecular formula is C19H21N3OS. The van der Waals surface area contributed by atoms with E-state index in [0.29, 0.717) is 11.8 Å². The Bertz CT molecular complexity index is 728. The molecule has 2 aromatic rings. The Morgan fingerprint density at radius 3 is 2.54 bits per heavy atom. The Morgan fingerprint density at radius 2 is 1.92 bits per heavy atom. The summed E-state index contributed by atoms with van der Waals surface area (Å²) in [5.41, 5.74) is 3.08. The second-order valence-electron chi connectivity index (χ2n) is 5.87. The van der Waals surface area contributed by atoms with Gasteiger partial charge in [0.15, 0.2) is 5.17 Å². The third-order valence-corrected chi connectivity index (χ3v) is 4.84. The summed E-state index contributed by atoms with van der Waals surface area (Å²) in [6.45, 7) is 5.40. The number of hydrogen-bond acceptors (Lipinski definition) is 3. The average molecular weight is 339 g/mol. The molecule has 0 saturated heterocycles. The molecule has 1 aliphatic heterocycles. The highest BCUT2D eigenvalue weighted by molar-refractivity contribution is 8.15. The number of carbonyl (C=O) groups excluding carboxylic acids is 1. The number of amidine groups is 1. The Morgan fingerprint density at radius 1 is 1.21 bits per heavy atom. The molecule has 0 aliphatic carbocycles. The summed E-state index contributed by atoms with van der Waals surface area (Å²) in [5.74, 6) is 0. The number of nitrogens with one attached hydrogen (secondary N) is 1. The maximum Gasteiger partial charge on any atom is 0.328 e. The van der Waals surface area contributed by atoms with Gasteiger partial charge in [0.1, 0.15) is 0 Å². The minimum atomic E-state index is -0.150. The standard InChI is InChI=1S/C19H21N3OS/c1-14-8-10-17(11-9-14)22(19-21-12-15(2)24-19)18(23)20-13-16-6-4-3-5-7-16/h3-11,15H,12-13H2,1-2H3,(H,20,23). The second-order valence-corrected chi connectivity index (χ2v) is 7.27. The van der Waals surface area contributed by atoms with Crippen LogP contribution in [0, 0.1) is 6.92 Å². The fourth-order valence-corrected chi connectivity index (χ4v) is 3.40. The van der Waals surface area contributed by atoms with E-state index < -0.39 is 0 Å². The molecule has 0 aromatic heterocycles. The SMILES string of the molecule is Cc1ccc(N(C(=O)NCc2ccccc2)C2=NCC(C)S2)cc1. The number of rotatable bonds is 3. The van der Waals surface area contributed by atoms with Crippen LogP contribution in [-0.4, -0.2) is 23.0 Å². The van der Waals surface area contributed by atoms with E-state index >= 15 is 0 Å². The molecule has 0 saturated carbocycles.